The van der Waals surface area contributed by atoms with Gasteiger partial charge in [-0.25, -0.2) is 4.79 Å². The zero-order valence-corrected chi connectivity index (χ0v) is 8.64. The molecule has 0 saturated carbocycles. The fourth-order valence-electron chi connectivity index (χ4n) is 0.851. The monoisotopic (exact) mass is 186 g/mol. The van der Waals surface area contributed by atoms with E-state index < -0.39 is 0 Å². The molecule has 0 unspecified atom stereocenters. The van der Waals surface area contributed by atoms with Gasteiger partial charge in [-0.05, 0) is 13.3 Å². The van der Waals surface area contributed by atoms with E-state index in [0.29, 0.717) is 12.2 Å². The number of rotatable bonds is 7. The van der Waals surface area contributed by atoms with Crippen LogP contribution >= 0.6 is 0 Å². The van der Waals surface area contributed by atoms with Crippen molar-refractivity contribution in [3.05, 3.63) is 12.2 Å². The van der Waals surface area contributed by atoms with Crippen molar-refractivity contribution < 1.29 is 14.8 Å². The largest absolute Gasteiger partial charge is 0.456 e. The van der Waals surface area contributed by atoms with Crippen molar-refractivity contribution in [2.45, 2.75) is 26.7 Å². The molecule has 0 aromatic carbocycles. The predicted molar refractivity (Wildman–Crippen MR) is 52.3 cm³/mol. The number of unbranched alkanes of at least 4 members (excludes halogenated alkanes) is 1. The highest BCUT2D eigenvalue weighted by Gasteiger charge is 2.01. The highest BCUT2D eigenvalue weighted by Crippen LogP contribution is 1.89. The second kappa shape index (κ2) is 7.80. The fraction of sp³-hybridized carbons (Fsp3) is 0.700. The number of esters is 1. The van der Waals surface area contributed by atoms with Crippen molar-refractivity contribution in [1.82, 2.24) is 0 Å². The van der Waals surface area contributed by atoms with Gasteiger partial charge >= 0.3 is 5.97 Å². The molecule has 0 amide bonds. The van der Waals surface area contributed by atoms with Gasteiger partial charge in [0, 0.05) is 5.57 Å². The van der Waals surface area contributed by atoms with Crippen LogP contribution in [-0.4, -0.2) is 25.7 Å². The van der Waals surface area contributed by atoms with Crippen LogP contribution in [-0.2, 0) is 9.53 Å². The maximum absolute atomic E-state index is 10.9. The van der Waals surface area contributed by atoms with Gasteiger partial charge in [0.15, 0.2) is 0 Å². The van der Waals surface area contributed by atoms with E-state index in [2.05, 4.69) is 18.8 Å². The molecule has 0 saturated heterocycles. The number of carbonyl (C=O) groups is 1. The van der Waals surface area contributed by atoms with Crippen LogP contribution in [0.15, 0.2) is 12.2 Å². The van der Waals surface area contributed by atoms with Gasteiger partial charge in [-0.3, -0.25) is 0 Å². The molecule has 0 aliphatic heterocycles. The van der Waals surface area contributed by atoms with E-state index in [1.54, 1.807) is 6.92 Å². The molecule has 3 heteroatoms. The zero-order chi connectivity index (χ0) is 10.1. The molecule has 76 valence electrons. The molecule has 0 spiro atoms. The molecule has 2 N–H and O–H groups in total. The fourth-order valence-corrected chi connectivity index (χ4v) is 0.851. The first-order valence-electron chi connectivity index (χ1n) is 4.82. The van der Waals surface area contributed by atoms with Gasteiger partial charge in [-0.2, -0.15) is 0 Å². The first-order valence-corrected chi connectivity index (χ1v) is 4.82. The van der Waals surface area contributed by atoms with E-state index in [4.69, 9.17) is 4.74 Å². The van der Waals surface area contributed by atoms with Gasteiger partial charge in [0.2, 0.25) is 0 Å². The normalized spacial score (nSPS) is 9.69. The lowest BCUT2D eigenvalue weighted by atomic mass is 10.3. The maximum Gasteiger partial charge on any atom is 0.333 e. The van der Waals surface area contributed by atoms with E-state index in [1.807, 2.05) is 0 Å². The molecule has 0 aliphatic rings. The Labute approximate surface area is 80.2 Å². The predicted octanol–water partition coefficient (Wildman–Crippen LogP) is 0.469. The van der Waals surface area contributed by atoms with Crippen molar-refractivity contribution in [1.29, 1.82) is 0 Å². The van der Waals surface area contributed by atoms with Gasteiger partial charge in [-0.1, -0.05) is 19.9 Å². The van der Waals surface area contributed by atoms with E-state index in [1.165, 1.54) is 12.8 Å². The number of ether oxygens (including phenoxy) is 1. The molecule has 13 heavy (non-hydrogen) atoms. The number of hydrogen-bond donors (Lipinski definition) is 1. The lowest BCUT2D eigenvalue weighted by Gasteiger charge is -2.03. The molecule has 0 bridgehead atoms. The van der Waals surface area contributed by atoms with Crippen LogP contribution in [0.5, 0.6) is 0 Å². The van der Waals surface area contributed by atoms with Crippen LogP contribution < -0.4 is 5.32 Å². The SMILES string of the molecule is C=C(C)C(=O)OCC[NH2+]CCCC. The minimum Gasteiger partial charge on any atom is -0.456 e. The summed E-state index contributed by atoms with van der Waals surface area (Å²) in [5.41, 5.74) is 0.466. The lowest BCUT2D eigenvalue weighted by molar-refractivity contribution is -0.656. The Balaban J connectivity index is 3.16. The van der Waals surface area contributed by atoms with Crippen LogP contribution in [0.4, 0.5) is 0 Å². The van der Waals surface area contributed by atoms with Crippen LogP contribution in [0.25, 0.3) is 0 Å². The Morgan fingerprint density at radius 2 is 2.15 bits per heavy atom. The summed E-state index contributed by atoms with van der Waals surface area (Å²) < 4.78 is 4.91. The number of quaternary nitrogens is 1. The number of nitrogens with two attached hydrogens (primary N) is 1. The summed E-state index contributed by atoms with van der Waals surface area (Å²) in [4.78, 5) is 10.9. The van der Waals surface area contributed by atoms with E-state index >= 15 is 0 Å². The summed E-state index contributed by atoms with van der Waals surface area (Å²) in [5, 5.41) is 2.16. The summed E-state index contributed by atoms with van der Waals surface area (Å²) in [5.74, 6) is -0.288. The molecule has 0 heterocycles. The Morgan fingerprint density at radius 3 is 2.69 bits per heavy atom. The molecular formula is C10H20NO2+. The summed E-state index contributed by atoms with van der Waals surface area (Å²) in [6.07, 6.45) is 2.43. The maximum atomic E-state index is 10.9. The van der Waals surface area contributed by atoms with Crippen molar-refractivity contribution in [3.8, 4) is 0 Å². The third kappa shape index (κ3) is 7.53. The van der Waals surface area contributed by atoms with Crippen molar-refractivity contribution >= 4 is 5.97 Å². The summed E-state index contributed by atoms with van der Waals surface area (Å²) >= 11 is 0. The Bertz CT molecular complexity index is 166. The third-order valence-electron chi connectivity index (χ3n) is 1.67. The summed E-state index contributed by atoms with van der Waals surface area (Å²) in [6, 6.07) is 0. The van der Waals surface area contributed by atoms with E-state index in [-0.39, 0.29) is 5.97 Å². The Kier molecular flexibility index (Phi) is 7.30. The van der Waals surface area contributed by atoms with Gasteiger partial charge in [0.05, 0.1) is 6.54 Å². The standard InChI is InChI=1S/C10H19NO2/c1-4-5-6-11-7-8-13-10(12)9(2)3/h11H,2,4-8H2,1,3H3/p+1. The second-order valence-electron chi connectivity index (χ2n) is 3.14. The minimum atomic E-state index is -0.288. The molecule has 0 fully saturated rings. The second-order valence-corrected chi connectivity index (χ2v) is 3.14. The molecule has 0 aromatic heterocycles. The third-order valence-corrected chi connectivity index (χ3v) is 1.67. The smallest absolute Gasteiger partial charge is 0.333 e. The molecular weight excluding hydrogens is 166 g/mol. The summed E-state index contributed by atoms with van der Waals surface area (Å²) in [6.45, 7) is 9.76. The molecule has 0 aromatic rings. The van der Waals surface area contributed by atoms with Gasteiger partial charge in [0.1, 0.15) is 13.2 Å². The quantitative estimate of drug-likeness (QED) is 0.357. The lowest BCUT2D eigenvalue weighted by Crippen LogP contribution is -2.85. The zero-order valence-electron chi connectivity index (χ0n) is 8.64. The van der Waals surface area contributed by atoms with Crippen molar-refractivity contribution in [3.63, 3.8) is 0 Å². The first-order chi connectivity index (χ1) is 6.18. The number of carbonyl (C=O) groups excluding carboxylic acids is 1. The first kappa shape index (κ1) is 12.2. The Morgan fingerprint density at radius 1 is 1.46 bits per heavy atom. The number of hydrogen-bond acceptors (Lipinski definition) is 2. The average molecular weight is 186 g/mol. The van der Waals surface area contributed by atoms with Crippen molar-refractivity contribution in [2.24, 2.45) is 0 Å². The van der Waals surface area contributed by atoms with Crippen LogP contribution in [0.3, 0.4) is 0 Å². The average Bonchev–Trinajstić information content (AvgIpc) is 2.10. The highest BCUT2D eigenvalue weighted by atomic mass is 16.5. The van der Waals surface area contributed by atoms with E-state index in [9.17, 15) is 4.79 Å². The topological polar surface area (TPSA) is 42.9 Å². The van der Waals surface area contributed by atoms with Crippen molar-refractivity contribution in [2.75, 3.05) is 19.7 Å². The summed E-state index contributed by atoms with van der Waals surface area (Å²) in [7, 11) is 0. The Hall–Kier alpha value is -0.830. The highest BCUT2D eigenvalue weighted by molar-refractivity contribution is 5.86. The van der Waals surface area contributed by atoms with Gasteiger partial charge < -0.3 is 10.1 Å². The molecule has 0 aliphatic carbocycles. The minimum absolute atomic E-state index is 0.288. The van der Waals surface area contributed by atoms with E-state index in [0.717, 1.165) is 13.1 Å². The van der Waals surface area contributed by atoms with Gasteiger partial charge in [-0.15, -0.1) is 0 Å². The molecule has 0 rings (SSSR count). The van der Waals surface area contributed by atoms with Gasteiger partial charge in [0.25, 0.3) is 0 Å². The van der Waals surface area contributed by atoms with Crippen LogP contribution in [0.1, 0.15) is 26.7 Å². The molecule has 0 radical (unpaired) electrons. The van der Waals surface area contributed by atoms with Crippen LogP contribution in [0, 0.1) is 0 Å². The van der Waals surface area contributed by atoms with Crippen LogP contribution in [0.2, 0.25) is 0 Å². The molecule has 0 atom stereocenters. The molecule has 3 nitrogen and oxygen atoms in total.